The summed E-state index contributed by atoms with van der Waals surface area (Å²) >= 11 is 0. The quantitative estimate of drug-likeness (QED) is 0.838. The fourth-order valence-corrected chi connectivity index (χ4v) is 4.46. The third kappa shape index (κ3) is 5.09. The van der Waals surface area contributed by atoms with E-state index in [1.165, 1.54) is 0 Å². The lowest BCUT2D eigenvalue weighted by atomic mass is 9.93. The number of likely N-dealkylation sites (tertiary alicyclic amines) is 1. The lowest BCUT2D eigenvalue weighted by Crippen LogP contribution is -2.51. The first-order valence-corrected chi connectivity index (χ1v) is 10.7. The van der Waals surface area contributed by atoms with Crippen LogP contribution in [0.15, 0.2) is 36.7 Å². The van der Waals surface area contributed by atoms with Gasteiger partial charge in [-0.2, -0.15) is 0 Å². The van der Waals surface area contributed by atoms with Gasteiger partial charge in [-0.15, -0.1) is 0 Å². The maximum atomic E-state index is 12.7. The van der Waals surface area contributed by atoms with Gasteiger partial charge in [0, 0.05) is 38.1 Å². The first-order chi connectivity index (χ1) is 14.2. The molecule has 0 bridgehead atoms. The highest BCUT2D eigenvalue weighted by atomic mass is 16.1. The van der Waals surface area contributed by atoms with Crippen molar-refractivity contribution in [2.75, 3.05) is 31.1 Å². The molecule has 0 aliphatic carbocycles. The molecule has 0 saturated carbocycles. The second-order valence-corrected chi connectivity index (χ2v) is 8.05. The number of carbonyl (C=O) groups is 1. The molecule has 0 unspecified atom stereocenters. The molecule has 1 atom stereocenters. The molecular weight excluding hydrogens is 364 g/mol. The summed E-state index contributed by atoms with van der Waals surface area (Å²) in [6, 6.07) is 8.34. The number of rotatable bonds is 5. The lowest BCUT2D eigenvalue weighted by molar-refractivity contribution is -0.127. The van der Waals surface area contributed by atoms with Crippen LogP contribution in [0.2, 0.25) is 0 Å². The van der Waals surface area contributed by atoms with Gasteiger partial charge < -0.3 is 10.2 Å². The van der Waals surface area contributed by atoms with Crippen LogP contribution in [0.25, 0.3) is 0 Å². The van der Waals surface area contributed by atoms with E-state index in [4.69, 9.17) is 0 Å². The molecule has 2 aromatic rings. The molecule has 1 N–H and O–H groups in total. The highest BCUT2D eigenvalue weighted by Gasteiger charge is 2.31. The summed E-state index contributed by atoms with van der Waals surface area (Å²) in [7, 11) is 0. The maximum absolute atomic E-state index is 12.7. The Bertz CT molecular complexity index is 806. The average Bonchev–Trinajstić information content (AvgIpc) is 2.78. The number of nitrogens with one attached hydrogen (secondary N) is 1. The minimum absolute atomic E-state index is 0.0787. The second-order valence-electron chi connectivity index (χ2n) is 8.05. The Morgan fingerprint density at radius 2 is 1.97 bits per heavy atom. The zero-order valence-electron chi connectivity index (χ0n) is 17.1. The molecule has 2 fully saturated rings. The van der Waals surface area contributed by atoms with Gasteiger partial charge in [0.15, 0.2) is 0 Å². The molecule has 2 saturated heterocycles. The molecule has 4 heterocycles. The topological polar surface area (TPSA) is 74.2 Å². The normalized spacial score (nSPS) is 21.1. The van der Waals surface area contributed by atoms with Crippen LogP contribution >= 0.6 is 0 Å². The van der Waals surface area contributed by atoms with E-state index in [-0.39, 0.29) is 11.8 Å². The van der Waals surface area contributed by atoms with Crippen molar-refractivity contribution in [3.63, 3.8) is 0 Å². The van der Waals surface area contributed by atoms with E-state index in [1.807, 2.05) is 37.4 Å². The van der Waals surface area contributed by atoms with E-state index in [2.05, 4.69) is 30.1 Å². The molecule has 2 aliphatic rings. The number of nitrogens with zero attached hydrogens (tertiary/aromatic N) is 5. The number of amides is 1. The van der Waals surface area contributed by atoms with Crippen LogP contribution in [0.4, 0.5) is 5.82 Å². The minimum Gasteiger partial charge on any atom is -0.356 e. The number of aryl methyl sites for hydroxylation is 1. The fourth-order valence-electron chi connectivity index (χ4n) is 4.46. The Morgan fingerprint density at radius 1 is 1.10 bits per heavy atom. The van der Waals surface area contributed by atoms with Gasteiger partial charge in [0.05, 0.1) is 18.2 Å². The first kappa shape index (κ1) is 19.8. The highest BCUT2D eigenvalue weighted by molar-refractivity contribution is 5.78. The molecule has 29 heavy (non-hydrogen) atoms. The van der Waals surface area contributed by atoms with Crippen LogP contribution < -0.4 is 10.2 Å². The SMILES string of the molecule is Cc1nccc(N2CCC(N3CCC[C@@H](C(=O)NCc4ccccn4)C3)CC2)n1. The minimum atomic E-state index is 0.0787. The first-order valence-electron chi connectivity index (χ1n) is 10.7. The monoisotopic (exact) mass is 394 g/mol. The number of anilines is 1. The van der Waals surface area contributed by atoms with E-state index in [9.17, 15) is 4.79 Å². The third-order valence-electron chi connectivity index (χ3n) is 6.06. The van der Waals surface area contributed by atoms with Gasteiger partial charge >= 0.3 is 0 Å². The summed E-state index contributed by atoms with van der Waals surface area (Å²) in [6.07, 6.45) is 7.90. The summed E-state index contributed by atoms with van der Waals surface area (Å²) in [4.78, 5) is 30.6. The van der Waals surface area contributed by atoms with Crippen molar-refractivity contribution in [2.45, 2.75) is 45.2 Å². The van der Waals surface area contributed by atoms with Crippen molar-refractivity contribution in [3.05, 3.63) is 48.2 Å². The van der Waals surface area contributed by atoms with Crippen LogP contribution in [0, 0.1) is 12.8 Å². The van der Waals surface area contributed by atoms with Crippen LogP contribution in [-0.2, 0) is 11.3 Å². The van der Waals surface area contributed by atoms with Crippen molar-refractivity contribution in [1.29, 1.82) is 0 Å². The molecular formula is C22H30N6O. The zero-order valence-corrected chi connectivity index (χ0v) is 17.1. The molecule has 7 heteroatoms. The molecule has 154 valence electrons. The van der Waals surface area contributed by atoms with E-state index in [1.54, 1.807) is 6.20 Å². The van der Waals surface area contributed by atoms with E-state index < -0.39 is 0 Å². The Balaban J connectivity index is 1.27. The van der Waals surface area contributed by atoms with Crippen LogP contribution in [0.3, 0.4) is 0 Å². The van der Waals surface area contributed by atoms with Crippen LogP contribution in [-0.4, -0.2) is 58.0 Å². The van der Waals surface area contributed by atoms with E-state index >= 15 is 0 Å². The van der Waals surface area contributed by atoms with Crippen molar-refractivity contribution in [2.24, 2.45) is 5.92 Å². The predicted octanol–water partition coefficient (Wildman–Crippen LogP) is 2.18. The molecule has 0 radical (unpaired) electrons. The largest absolute Gasteiger partial charge is 0.356 e. The van der Waals surface area contributed by atoms with Gasteiger partial charge in [-0.25, -0.2) is 9.97 Å². The fraction of sp³-hybridized carbons (Fsp3) is 0.545. The molecule has 2 aliphatic heterocycles. The summed E-state index contributed by atoms with van der Waals surface area (Å²) in [5.74, 6) is 2.09. The molecule has 4 rings (SSSR count). The van der Waals surface area contributed by atoms with Crippen molar-refractivity contribution >= 4 is 11.7 Å². The molecule has 1 amide bonds. The van der Waals surface area contributed by atoms with Gasteiger partial charge in [0.1, 0.15) is 11.6 Å². The Labute approximate surface area is 172 Å². The van der Waals surface area contributed by atoms with Crippen LogP contribution in [0.1, 0.15) is 37.2 Å². The van der Waals surface area contributed by atoms with Gasteiger partial charge in [-0.1, -0.05) is 6.07 Å². The van der Waals surface area contributed by atoms with Gasteiger partial charge in [0.2, 0.25) is 5.91 Å². The zero-order chi connectivity index (χ0) is 20.1. The van der Waals surface area contributed by atoms with Crippen LogP contribution in [0.5, 0.6) is 0 Å². The summed E-state index contributed by atoms with van der Waals surface area (Å²) in [5, 5.41) is 3.08. The van der Waals surface area contributed by atoms with E-state index in [0.717, 1.165) is 69.2 Å². The number of carbonyl (C=O) groups excluding carboxylic acids is 1. The Hall–Kier alpha value is -2.54. The Kier molecular flexibility index (Phi) is 6.34. The predicted molar refractivity (Wildman–Crippen MR) is 112 cm³/mol. The number of hydrogen-bond acceptors (Lipinski definition) is 6. The van der Waals surface area contributed by atoms with Gasteiger partial charge in [-0.05, 0) is 57.4 Å². The number of pyridine rings is 1. The maximum Gasteiger partial charge on any atom is 0.224 e. The molecule has 7 nitrogen and oxygen atoms in total. The second kappa shape index (κ2) is 9.31. The van der Waals surface area contributed by atoms with Gasteiger partial charge in [-0.3, -0.25) is 14.7 Å². The van der Waals surface area contributed by atoms with Gasteiger partial charge in [0.25, 0.3) is 0 Å². The molecule has 0 aromatic carbocycles. The lowest BCUT2D eigenvalue weighted by Gasteiger charge is -2.42. The number of piperidine rings is 2. The number of aromatic nitrogens is 3. The summed E-state index contributed by atoms with van der Waals surface area (Å²) in [6.45, 7) is 6.42. The Morgan fingerprint density at radius 3 is 2.72 bits per heavy atom. The molecule has 2 aromatic heterocycles. The standard InChI is InChI=1S/C22H30N6O/c1-17-23-11-7-21(26-17)27-13-8-20(9-14-27)28-12-4-5-18(16-28)22(29)25-15-19-6-2-3-10-24-19/h2-3,6-7,10-11,18,20H,4-5,8-9,12-16H2,1H3,(H,25,29)/t18-/m1/s1. The number of hydrogen-bond donors (Lipinski definition) is 1. The summed E-state index contributed by atoms with van der Waals surface area (Å²) < 4.78 is 0. The molecule has 0 spiro atoms. The van der Waals surface area contributed by atoms with Crippen molar-refractivity contribution < 1.29 is 4.79 Å². The highest BCUT2D eigenvalue weighted by Crippen LogP contribution is 2.25. The van der Waals surface area contributed by atoms with Crippen molar-refractivity contribution in [3.8, 4) is 0 Å². The van der Waals surface area contributed by atoms with E-state index in [0.29, 0.717) is 12.6 Å². The van der Waals surface area contributed by atoms with Crippen molar-refractivity contribution in [1.82, 2.24) is 25.2 Å². The summed E-state index contributed by atoms with van der Waals surface area (Å²) in [5.41, 5.74) is 0.904. The third-order valence-corrected chi connectivity index (χ3v) is 6.06. The average molecular weight is 395 g/mol. The smallest absolute Gasteiger partial charge is 0.224 e.